The molecule has 2 rings (SSSR count). The average molecular weight is 246 g/mol. The van der Waals surface area contributed by atoms with Gasteiger partial charge in [-0.1, -0.05) is 31.2 Å². The highest BCUT2D eigenvalue weighted by molar-refractivity contribution is 5.74. The molecule has 1 aromatic carbocycles. The van der Waals surface area contributed by atoms with Crippen molar-refractivity contribution in [3.63, 3.8) is 0 Å². The van der Waals surface area contributed by atoms with Gasteiger partial charge in [0.2, 0.25) is 0 Å². The molecule has 1 fully saturated rings. The zero-order valence-corrected chi connectivity index (χ0v) is 11.1. The number of nitrogens with zero attached hydrogens (tertiary/aromatic N) is 1. The van der Waals surface area contributed by atoms with Crippen molar-refractivity contribution < 1.29 is 4.79 Å². The molecule has 1 aromatic rings. The Morgan fingerprint density at radius 3 is 2.50 bits per heavy atom. The number of urea groups is 1. The largest absolute Gasteiger partial charge is 0.334 e. The minimum Gasteiger partial charge on any atom is -0.334 e. The average Bonchev–Trinajstić information content (AvgIpc) is 2.46. The fourth-order valence-corrected chi connectivity index (χ4v) is 2.45. The summed E-state index contributed by atoms with van der Waals surface area (Å²) >= 11 is 0. The number of rotatable bonds is 3. The molecule has 1 aliphatic heterocycles. The SMILES string of the molecule is CCc1ccccc1CNC(=O)N1CCCCC1. The van der Waals surface area contributed by atoms with Crippen LogP contribution in [0.5, 0.6) is 0 Å². The second kappa shape index (κ2) is 6.43. The highest BCUT2D eigenvalue weighted by atomic mass is 16.2. The number of amides is 2. The Kier molecular flexibility index (Phi) is 4.62. The second-order valence-electron chi connectivity index (χ2n) is 4.83. The van der Waals surface area contributed by atoms with Crippen LogP contribution in [0.25, 0.3) is 0 Å². The van der Waals surface area contributed by atoms with E-state index in [4.69, 9.17) is 0 Å². The lowest BCUT2D eigenvalue weighted by molar-refractivity contribution is 0.186. The molecule has 2 amide bonds. The molecule has 1 N–H and O–H groups in total. The van der Waals surface area contributed by atoms with E-state index in [1.807, 2.05) is 11.0 Å². The lowest BCUT2D eigenvalue weighted by atomic mass is 10.1. The van der Waals surface area contributed by atoms with E-state index in [1.54, 1.807) is 0 Å². The minimum absolute atomic E-state index is 0.0839. The van der Waals surface area contributed by atoms with Gasteiger partial charge in [0.1, 0.15) is 0 Å². The second-order valence-corrected chi connectivity index (χ2v) is 4.83. The Hall–Kier alpha value is -1.51. The third-order valence-electron chi connectivity index (χ3n) is 3.57. The van der Waals surface area contributed by atoms with E-state index >= 15 is 0 Å². The fourth-order valence-electron chi connectivity index (χ4n) is 2.45. The van der Waals surface area contributed by atoms with Crippen LogP contribution in [0.4, 0.5) is 4.79 Å². The molecule has 1 heterocycles. The zero-order valence-electron chi connectivity index (χ0n) is 11.1. The summed E-state index contributed by atoms with van der Waals surface area (Å²) < 4.78 is 0. The number of hydrogen-bond donors (Lipinski definition) is 1. The van der Waals surface area contributed by atoms with Gasteiger partial charge in [0, 0.05) is 19.6 Å². The summed E-state index contributed by atoms with van der Waals surface area (Å²) in [6.07, 6.45) is 4.54. The summed E-state index contributed by atoms with van der Waals surface area (Å²) in [5.74, 6) is 0. The van der Waals surface area contributed by atoms with Crippen molar-refractivity contribution >= 4 is 6.03 Å². The Labute approximate surface area is 109 Å². The Morgan fingerprint density at radius 2 is 1.83 bits per heavy atom. The first-order chi connectivity index (χ1) is 8.81. The molecule has 0 radical (unpaired) electrons. The van der Waals surface area contributed by atoms with Crippen molar-refractivity contribution in [3.8, 4) is 0 Å². The molecule has 0 spiro atoms. The third-order valence-corrected chi connectivity index (χ3v) is 3.57. The lowest BCUT2D eigenvalue weighted by Crippen LogP contribution is -2.42. The number of carbonyl (C=O) groups is 1. The van der Waals surface area contributed by atoms with Gasteiger partial charge in [-0.15, -0.1) is 0 Å². The van der Waals surface area contributed by atoms with E-state index in [9.17, 15) is 4.79 Å². The third kappa shape index (κ3) is 3.25. The molecular weight excluding hydrogens is 224 g/mol. The molecule has 0 atom stereocenters. The van der Waals surface area contributed by atoms with Crippen molar-refractivity contribution in [2.45, 2.75) is 39.2 Å². The van der Waals surface area contributed by atoms with Gasteiger partial charge in [0.25, 0.3) is 0 Å². The van der Waals surface area contributed by atoms with Crippen LogP contribution < -0.4 is 5.32 Å². The molecule has 18 heavy (non-hydrogen) atoms. The van der Waals surface area contributed by atoms with Gasteiger partial charge in [0.05, 0.1) is 0 Å². The smallest absolute Gasteiger partial charge is 0.317 e. The van der Waals surface area contributed by atoms with Gasteiger partial charge >= 0.3 is 6.03 Å². The number of hydrogen-bond acceptors (Lipinski definition) is 1. The molecule has 3 nitrogen and oxygen atoms in total. The van der Waals surface area contributed by atoms with Crippen LogP contribution in [0.2, 0.25) is 0 Å². The fraction of sp³-hybridized carbons (Fsp3) is 0.533. The predicted octanol–water partition coefficient (Wildman–Crippen LogP) is 2.94. The number of nitrogens with one attached hydrogen (secondary N) is 1. The van der Waals surface area contributed by atoms with Crippen LogP contribution in [-0.2, 0) is 13.0 Å². The summed E-state index contributed by atoms with van der Waals surface area (Å²) in [4.78, 5) is 13.9. The van der Waals surface area contributed by atoms with Crippen LogP contribution in [-0.4, -0.2) is 24.0 Å². The van der Waals surface area contributed by atoms with E-state index in [2.05, 4.69) is 30.4 Å². The van der Waals surface area contributed by atoms with Crippen LogP contribution in [0.15, 0.2) is 24.3 Å². The standard InChI is InChI=1S/C15H22N2O/c1-2-13-8-4-5-9-14(13)12-16-15(18)17-10-6-3-7-11-17/h4-5,8-9H,2-3,6-7,10-12H2,1H3,(H,16,18). The van der Waals surface area contributed by atoms with Crippen molar-refractivity contribution in [2.24, 2.45) is 0 Å². The van der Waals surface area contributed by atoms with Gasteiger partial charge in [-0.05, 0) is 36.8 Å². The van der Waals surface area contributed by atoms with Gasteiger partial charge in [-0.2, -0.15) is 0 Å². The van der Waals surface area contributed by atoms with Gasteiger partial charge in [-0.3, -0.25) is 0 Å². The van der Waals surface area contributed by atoms with Crippen molar-refractivity contribution in [2.75, 3.05) is 13.1 Å². The van der Waals surface area contributed by atoms with Gasteiger partial charge < -0.3 is 10.2 Å². The molecule has 0 bridgehead atoms. The first kappa shape index (κ1) is 12.9. The van der Waals surface area contributed by atoms with Crippen LogP contribution >= 0.6 is 0 Å². The number of aryl methyl sites for hydroxylation is 1. The minimum atomic E-state index is 0.0839. The Balaban J connectivity index is 1.88. The molecule has 1 aliphatic rings. The molecule has 1 saturated heterocycles. The van der Waals surface area contributed by atoms with E-state index in [0.29, 0.717) is 6.54 Å². The molecule has 0 unspecified atom stereocenters. The van der Waals surface area contributed by atoms with Crippen LogP contribution in [0.1, 0.15) is 37.3 Å². The lowest BCUT2D eigenvalue weighted by Gasteiger charge is -2.27. The summed E-state index contributed by atoms with van der Waals surface area (Å²) in [7, 11) is 0. The Bertz CT molecular complexity index is 397. The number of carbonyl (C=O) groups excluding carboxylic acids is 1. The molecule has 0 aliphatic carbocycles. The maximum atomic E-state index is 12.0. The Morgan fingerprint density at radius 1 is 1.17 bits per heavy atom. The maximum Gasteiger partial charge on any atom is 0.317 e. The topological polar surface area (TPSA) is 32.3 Å². The molecule has 3 heteroatoms. The van der Waals surface area contributed by atoms with E-state index in [-0.39, 0.29) is 6.03 Å². The van der Waals surface area contributed by atoms with Crippen LogP contribution in [0, 0.1) is 0 Å². The molecule has 98 valence electrons. The first-order valence-corrected chi connectivity index (χ1v) is 6.91. The molecule has 0 aromatic heterocycles. The highest BCUT2D eigenvalue weighted by Crippen LogP contribution is 2.11. The van der Waals surface area contributed by atoms with Crippen molar-refractivity contribution in [1.29, 1.82) is 0 Å². The quantitative estimate of drug-likeness (QED) is 0.873. The summed E-state index contributed by atoms with van der Waals surface area (Å²) in [5.41, 5.74) is 2.54. The van der Waals surface area contributed by atoms with E-state index in [1.165, 1.54) is 17.5 Å². The van der Waals surface area contributed by atoms with Crippen molar-refractivity contribution in [3.05, 3.63) is 35.4 Å². The predicted molar refractivity (Wildman–Crippen MR) is 73.5 cm³/mol. The molecular formula is C15H22N2O. The van der Waals surface area contributed by atoms with Gasteiger partial charge in [0.15, 0.2) is 0 Å². The van der Waals surface area contributed by atoms with Gasteiger partial charge in [-0.25, -0.2) is 4.79 Å². The number of likely N-dealkylation sites (tertiary alicyclic amines) is 1. The number of benzene rings is 1. The summed E-state index contributed by atoms with van der Waals surface area (Å²) in [6.45, 7) is 4.59. The zero-order chi connectivity index (χ0) is 12.8. The summed E-state index contributed by atoms with van der Waals surface area (Å²) in [5, 5.41) is 3.03. The monoisotopic (exact) mass is 246 g/mol. The van der Waals surface area contributed by atoms with E-state index < -0.39 is 0 Å². The van der Waals surface area contributed by atoms with Crippen molar-refractivity contribution in [1.82, 2.24) is 10.2 Å². The van der Waals surface area contributed by atoms with E-state index in [0.717, 1.165) is 32.4 Å². The first-order valence-electron chi connectivity index (χ1n) is 6.91. The molecule has 0 saturated carbocycles. The summed E-state index contributed by atoms with van der Waals surface area (Å²) in [6, 6.07) is 8.38. The maximum absolute atomic E-state index is 12.0. The number of piperidine rings is 1. The van der Waals surface area contributed by atoms with Crippen LogP contribution in [0.3, 0.4) is 0 Å². The normalized spacial score (nSPS) is 15.5. The highest BCUT2D eigenvalue weighted by Gasteiger charge is 2.15.